The van der Waals surface area contributed by atoms with E-state index in [1.165, 1.54) is 11.1 Å². The van der Waals surface area contributed by atoms with Crippen LogP contribution in [-0.4, -0.2) is 40.2 Å². The van der Waals surface area contributed by atoms with Gasteiger partial charge in [-0.3, -0.25) is 24.7 Å². The van der Waals surface area contributed by atoms with Crippen LogP contribution in [0.15, 0.2) is 18.3 Å². The Hall–Kier alpha value is -2.24. The normalized spacial score (nSPS) is 19.7. The molecular formula is C12H13N3O3. The van der Waals surface area contributed by atoms with Crippen LogP contribution < -0.4 is 5.32 Å². The third-order valence-corrected chi connectivity index (χ3v) is 2.90. The number of pyridine rings is 1. The van der Waals surface area contributed by atoms with E-state index in [0.29, 0.717) is 5.56 Å². The second kappa shape index (κ2) is 4.56. The maximum Gasteiger partial charge on any atom is 0.273 e. The first-order valence-electron chi connectivity index (χ1n) is 5.57. The largest absolute Gasteiger partial charge is 0.316 e. The molecule has 0 aromatic carbocycles. The van der Waals surface area contributed by atoms with Gasteiger partial charge in [0.25, 0.3) is 5.91 Å². The Morgan fingerprint density at radius 1 is 1.50 bits per heavy atom. The van der Waals surface area contributed by atoms with Gasteiger partial charge in [0, 0.05) is 6.20 Å². The average Bonchev–Trinajstić information content (AvgIpc) is 2.33. The summed E-state index contributed by atoms with van der Waals surface area (Å²) >= 11 is 0. The van der Waals surface area contributed by atoms with Crippen molar-refractivity contribution in [3.05, 3.63) is 29.6 Å². The van der Waals surface area contributed by atoms with Crippen LogP contribution in [0.1, 0.15) is 23.0 Å². The summed E-state index contributed by atoms with van der Waals surface area (Å²) in [6.45, 7) is 3.22. The van der Waals surface area contributed by atoms with Gasteiger partial charge in [0.05, 0.1) is 0 Å². The fourth-order valence-electron chi connectivity index (χ4n) is 1.81. The highest BCUT2D eigenvalue weighted by Crippen LogP contribution is 2.12. The highest BCUT2D eigenvalue weighted by Gasteiger charge is 2.34. The fraction of sp³-hybridized carbons (Fsp3) is 0.333. The molecule has 2 heterocycles. The third kappa shape index (κ3) is 2.09. The fourth-order valence-corrected chi connectivity index (χ4v) is 1.81. The van der Waals surface area contributed by atoms with Crippen LogP contribution in [-0.2, 0) is 9.59 Å². The van der Waals surface area contributed by atoms with Crippen molar-refractivity contribution in [2.24, 2.45) is 0 Å². The number of hydrogen-bond donors (Lipinski definition) is 1. The lowest BCUT2D eigenvalue weighted by Crippen LogP contribution is -2.58. The van der Waals surface area contributed by atoms with E-state index in [0.717, 1.165) is 0 Å². The molecule has 0 saturated carbocycles. The van der Waals surface area contributed by atoms with Crippen LogP contribution in [0.5, 0.6) is 0 Å². The molecule has 0 radical (unpaired) electrons. The standard InChI is InChI=1S/C12H13N3O3/c1-7-4-3-5-13-10(7)12(18)15-6-9(16)14-11(17)8(15)2/h3-5,8H,6H2,1-2H3,(H,14,16,17). The van der Waals surface area contributed by atoms with Crippen LogP contribution in [0.2, 0.25) is 0 Å². The summed E-state index contributed by atoms with van der Waals surface area (Å²) in [6.07, 6.45) is 1.51. The lowest BCUT2D eigenvalue weighted by Gasteiger charge is -2.31. The molecule has 1 N–H and O–H groups in total. The van der Waals surface area contributed by atoms with E-state index in [4.69, 9.17) is 0 Å². The molecule has 1 aromatic heterocycles. The van der Waals surface area contributed by atoms with Crippen LogP contribution in [0.3, 0.4) is 0 Å². The molecular weight excluding hydrogens is 234 g/mol. The number of rotatable bonds is 1. The smallest absolute Gasteiger partial charge is 0.273 e. The number of imide groups is 1. The van der Waals surface area contributed by atoms with E-state index < -0.39 is 23.8 Å². The number of carbonyl (C=O) groups excluding carboxylic acids is 3. The van der Waals surface area contributed by atoms with Gasteiger partial charge in [0.15, 0.2) is 0 Å². The van der Waals surface area contributed by atoms with Gasteiger partial charge in [-0.2, -0.15) is 0 Å². The first kappa shape index (κ1) is 12.2. The van der Waals surface area contributed by atoms with Gasteiger partial charge in [-0.1, -0.05) is 6.07 Å². The van der Waals surface area contributed by atoms with Crippen molar-refractivity contribution < 1.29 is 14.4 Å². The Morgan fingerprint density at radius 2 is 2.22 bits per heavy atom. The lowest BCUT2D eigenvalue weighted by molar-refractivity contribution is -0.138. The van der Waals surface area contributed by atoms with Gasteiger partial charge >= 0.3 is 0 Å². The van der Waals surface area contributed by atoms with Crippen molar-refractivity contribution in [1.29, 1.82) is 0 Å². The Kier molecular flexibility index (Phi) is 3.10. The summed E-state index contributed by atoms with van der Waals surface area (Å²) in [5, 5.41) is 2.19. The molecule has 6 nitrogen and oxygen atoms in total. The minimum atomic E-state index is -0.670. The van der Waals surface area contributed by atoms with Crippen LogP contribution in [0, 0.1) is 6.92 Å². The molecule has 1 aliphatic rings. The van der Waals surface area contributed by atoms with E-state index in [1.54, 1.807) is 26.0 Å². The summed E-state index contributed by atoms with van der Waals surface area (Å²) in [6, 6.07) is 2.82. The van der Waals surface area contributed by atoms with E-state index in [2.05, 4.69) is 10.3 Å². The van der Waals surface area contributed by atoms with Crippen molar-refractivity contribution >= 4 is 17.7 Å². The van der Waals surface area contributed by atoms with Gasteiger partial charge in [-0.25, -0.2) is 0 Å². The van der Waals surface area contributed by atoms with Gasteiger partial charge in [-0.15, -0.1) is 0 Å². The first-order chi connectivity index (χ1) is 8.50. The van der Waals surface area contributed by atoms with Gasteiger partial charge < -0.3 is 4.90 Å². The molecule has 1 saturated heterocycles. The summed E-state index contributed by atoms with van der Waals surface area (Å²) < 4.78 is 0. The molecule has 94 valence electrons. The number of nitrogens with one attached hydrogen (secondary N) is 1. The molecule has 1 fully saturated rings. The van der Waals surface area contributed by atoms with E-state index in [1.807, 2.05) is 0 Å². The number of nitrogens with zero attached hydrogens (tertiary/aromatic N) is 2. The predicted octanol–water partition coefficient (Wildman–Crippen LogP) is -0.123. The number of carbonyl (C=O) groups is 3. The SMILES string of the molecule is Cc1cccnc1C(=O)N1CC(=O)NC(=O)C1C. The van der Waals surface area contributed by atoms with Crippen molar-refractivity contribution in [2.45, 2.75) is 19.9 Å². The summed E-state index contributed by atoms with van der Waals surface area (Å²) in [5.74, 6) is -1.34. The minimum Gasteiger partial charge on any atom is -0.316 e. The molecule has 0 spiro atoms. The zero-order chi connectivity index (χ0) is 13.3. The molecule has 2 rings (SSSR count). The minimum absolute atomic E-state index is 0.123. The summed E-state index contributed by atoms with van der Waals surface area (Å²) in [5.41, 5.74) is 0.986. The van der Waals surface area contributed by atoms with Crippen LogP contribution in [0.4, 0.5) is 0 Å². The van der Waals surface area contributed by atoms with Gasteiger partial charge in [-0.05, 0) is 25.5 Å². The molecule has 1 aliphatic heterocycles. The third-order valence-electron chi connectivity index (χ3n) is 2.90. The molecule has 1 atom stereocenters. The first-order valence-corrected chi connectivity index (χ1v) is 5.57. The van der Waals surface area contributed by atoms with Gasteiger partial charge in [0.1, 0.15) is 18.3 Å². The zero-order valence-electron chi connectivity index (χ0n) is 10.1. The predicted molar refractivity (Wildman–Crippen MR) is 62.6 cm³/mol. The molecule has 0 bridgehead atoms. The number of aryl methyl sites for hydroxylation is 1. The number of amides is 3. The molecule has 0 aliphatic carbocycles. The Bertz CT molecular complexity index is 527. The topological polar surface area (TPSA) is 79.4 Å². The van der Waals surface area contributed by atoms with E-state index >= 15 is 0 Å². The van der Waals surface area contributed by atoms with Crippen molar-refractivity contribution in [1.82, 2.24) is 15.2 Å². The van der Waals surface area contributed by atoms with Crippen molar-refractivity contribution in [2.75, 3.05) is 6.54 Å². The monoisotopic (exact) mass is 247 g/mol. The maximum absolute atomic E-state index is 12.3. The lowest BCUT2D eigenvalue weighted by atomic mass is 10.1. The number of piperazine rings is 1. The zero-order valence-corrected chi connectivity index (χ0v) is 10.1. The van der Waals surface area contributed by atoms with Crippen molar-refractivity contribution in [3.63, 3.8) is 0 Å². The van der Waals surface area contributed by atoms with Crippen LogP contribution in [0.25, 0.3) is 0 Å². The molecule has 1 aromatic rings. The molecule has 18 heavy (non-hydrogen) atoms. The van der Waals surface area contributed by atoms with Crippen molar-refractivity contribution in [3.8, 4) is 0 Å². The maximum atomic E-state index is 12.3. The second-order valence-corrected chi connectivity index (χ2v) is 4.19. The molecule has 6 heteroatoms. The summed E-state index contributed by atoms with van der Waals surface area (Å²) in [4.78, 5) is 40.3. The van der Waals surface area contributed by atoms with Crippen LogP contribution >= 0.6 is 0 Å². The Labute approximate surface area is 104 Å². The Balaban J connectivity index is 2.31. The van der Waals surface area contributed by atoms with Gasteiger partial charge in [0.2, 0.25) is 11.8 Å². The highest BCUT2D eigenvalue weighted by molar-refractivity contribution is 6.06. The molecule has 3 amide bonds. The average molecular weight is 247 g/mol. The quantitative estimate of drug-likeness (QED) is 0.701. The molecule has 1 unspecified atom stereocenters. The number of hydrogen-bond acceptors (Lipinski definition) is 4. The highest BCUT2D eigenvalue weighted by atomic mass is 16.2. The van der Waals surface area contributed by atoms with E-state index in [-0.39, 0.29) is 12.2 Å². The number of aromatic nitrogens is 1. The summed E-state index contributed by atoms with van der Waals surface area (Å²) in [7, 11) is 0. The second-order valence-electron chi connectivity index (χ2n) is 4.19. The Morgan fingerprint density at radius 3 is 2.89 bits per heavy atom. The van der Waals surface area contributed by atoms with E-state index in [9.17, 15) is 14.4 Å².